The van der Waals surface area contributed by atoms with Crippen molar-refractivity contribution in [1.82, 2.24) is 9.55 Å². The highest BCUT2D eigenvalue weighted by atomic mass is 35.5. The molecule has 0 aliphatic rings. The zero-order valence-corrected chi connectivity index (χ0v) is 18.8. The highest BCUT2D eigenvalue weighted by Crippen LogP contribution is 2.33. The third kappa shape index (κ3) is 5.20. The Labute approximate surface area is 196 Å². The minimum absolute atomic E-state index is 0.305. The predicted octanol–water partition coefficient (Wildman–Crippen LogP) is 6.29. The number of nitrogens with two attached hydrogens (primary N) is 1. The molecule has 0 aliphatic carbocycles. The second kappa shape index (κ2) is 8.92. The lowest BCUT2D eigenvalue weighted by Gasteiger charge is -2.11. The van der Waals surface area contributed by atoms with E-state index in [2.05, 4.69) is 9.72 Å². The molecule has 0 fully saturated rings. The van der Waals surface area contributed by atoms with Gasteiger partial charge in [-0.2, -0.15) is 0 Å². The van der Waals surface area contributed by atoms with Gasteiger partial charge in [0.1, 0.15) is 10.8 Å². The van der Waals surface area contributed by atoms with E-state index in [1.165, 1.54) is 35.6 Å². The average molecular weight is 492 g/mol. The molecule has 0 bridgehead atoms. The van der Waals surface area contributed by atoms with Gasteiger partial charge in [-0.1, -0.05) is 23.7 Å². The molecular formula is C23H17ClF3N3O2S. The number of hydrogen-bond donors (Lipinski definition) is 1. The zero-order chi connectivity index (χ0) is 23.8. The Kier molecular flexibility index (Phi) is 6.18. The van der Waals surface area contributed by atoms with Gasteiger partial charge in [-0.25, -0.2) is 4.98 Å². The maximum atomic E-state index is 12.4. The van der Waals surface area contributed by atoms with E-state index in [0.29, 0.717) is 44.8 Å². The molecule has 0 atom stereocenters. The number of carbonyl (C=O) groups excluding carboxylic acids is 1. The number of nitrogens with zero attached hydrogens (tertiary/aromatic N) is 2. The molecule has 0 radical (unpaired) electrons. The van der Waals surface area contributed by atoms with Crippen LogP contribution in [0.4, 0.5) is 13.2 Å². The van der Waals surface area contributed by atoms with Crippen LogP contribution < -0.4 is 10.5 Å². The lowest BCUT2D eigenvalue weighted by atomic mass is 10.2. The summed E-state index contributed by atoms with van der Waals surface area (Å²) in [6.07, 6.45) is -4.75. The zero-order valence-electron chi connectivity index (χ0n) is 17.2. The van der Waals surface area contributed by atoms with E-state index in [-0.39, 0.29) is 5.75 Å². The van der Waals surface area contributed by atoms with Gasteiger partial charge in [-0.05, 0) is 55.0 Å². The van der Waals surface area contributed by atoms with Gasteiger partial charge in [0, 0.05) is 28.2 Å². The summed E-state index contributed by atoms with van der Waals surface area (Å²) in [6, 6.07) is 14.6. The van der Waals surface area contributed by atoms with E-state index in [4.69, 9.17) is 17.3 Å². The first kappa shape index (κ1) is 22.9. The Bertz CT molecular complexity index is 1310. The lowest BCUT2D eigenvalue weighted by molar-refractivity contribution is -0.274. The summed E-state index contributed by atoms with van der Waals surface area (Å²) >= 11 is 7.45. The molecule has 2 aromatic carbocycles. The first-order chi connectivity index (χ1) is 15.6. The number of aromatic nitrogens is 2. The summed E-state index contributed by atoms with van der Waals surface area (Å²) in [5, 5.41) is 3.03. The van der Waals surface area contributed by atoms with Crippen molar-refractivity contribution in [2.24, 2.45) is 5.73 Å². The van der Waals surface area contributed by atoms with Gasteiger partial charge in [0.2, 0.25) is 0 Å². The van der Waals surface area contributed by atoms with Gasteiger partial charge in [-0.3, -0.25) is 4.79 Å². The molecule has 0 saturated carbocycles. The molecule has 5 nitrogen and oxygen atoms in total. The fraction of sp³-hybridized carbons (Fsp3) is 0.130. The number of ether oxygens (including phenoxy) is 1. The van der Waals surface area contributed by atoms with Gasteiger partial charge in [-0.15, -0.1) is 24.5 Å². The molecular weight excluding hydrogens is 475 g/mol. The fourth-order valence-corrected chi connectivity index (χ4v) is 4.48. The summed E-state index contributed by atoms with van der Waals surface area (Å²) < 4.78 is 43.0. The Hall–Kier alpha value is -3.30. The lowest BCUT2D eigenvalue weighted by Crippen LogP contribution is -2.16. The van der Waals surface area contributed by atoms with E-state index >= 15 is 0 Å². The van der Waals surface area contributed by atoms with Crippen LogP contribution in [0.2, 0.25) is 5.02 Å². The van der Waals surface area contributed by atoms with Crippen LogP contribution in [0, 0.1) is 6.92 Å². The number of amides is 1. The molecule has 1 amide bonds. The summed E-state index contributed by atoms with van der Waals surface area (Å²) in [5.74, 6) is -0.852. The van der Waals surface area contributed by atoms with Crippen molar-refractivity contribution in [2.45, 2.75) is 19.8 Å². The second-order valence-corrected chi connectivity index (χ2v) is 8.51. The number of benzene rings is 2. The van der Waals surface area contributed by atoms with Crippen LogP contribution >= 0.6 is 22.9 Å². The fourth-order valence-electron chi connectivity index (χ4n) is 3.45. The van der Waals surface area contributed by atoms with Crippen molar-refractivity contribution in [3.8, 4) is 27.7 Å². The SMILES string of the molecule is Cc1c(C(N)=O)cc(-c2csc(-c3ccc(OC(F)(F)F)cc3)n2)n1Cc1cccc(Cl)c1. The monoisotopic (exact) mass is 491 g/mol. The highest BCUT2D eigenvalue weighted by Gasteiger charge is 2.31. The number of thiazole rings is 1. The number of hydrogen-bond acceptors (Lipinski definition) is 4. The van der Waals surface area contributed by atoms with Crippen molar-refractivity contribution in [2.75, 3.05) is 0 Å². The van der Waals surface area contributed by atoms with Crippen LogP contribution in [0.3, 0.4) is 0 Å². The van der Waals surface area contributed by atoms with Gasteiger partial charge in [0.15, 0.2) is 0 Å². The van der Waals surface area contributed by atoms with Crippen molar-refractivity contribution in [3.05, 3.63) is 81.8 Å². The molecule has 2 aromatic heterocycles. The van der Waals surface area contributed by atoms with Gasteiger partial charge in [0.25, 0.3) is 5.91 Å². The maximum Gasteiger partial charge on any atom is 0.573 e. The Morgan fingerprint density at radius 3 is 2.55 bits per heavy atom. The summed E-state index contributed by atoms with van der Waals surface area (Å²) in [4.78, 5) is 16.6. The number of alkyl halides is 3. The molecule has 0 aliphatic heterocycles. The predicted molar refractivity (Wildman–Crippen MR) is 121 cm³/mol. The van der Waals surface area contributed by atoms with Crippen LogP contribution in [0.5, 0.6) is 5.75 Å². The number of primary amides is 1. The molecule has 10 heteroatoms. The van der Waals surface area contributed by atoms with Crippen LogP contribution in [-0.4, -0.2) is 21.8 Å². The minimum Gasteiger partial charge on any atom is -0.406 e. The maximum absolute atomic E-state index is 12.4. The quantitative estimate of drug-likeness (QED) is 0.345. The van der Waals surface area contributed by atoms with E-state index in [1.807, 2.05) is 28.1 Å². The van der Waals surface area contributed by atoms with Gasteiger partial charge in [0.05, 0.1) is 17.0 Å². The van der Waals surface area contributed by atoms with Crippen LogP contribution in [0.25, 0.3) is 22.0 Å². The summed E-state index contributed by atoms with van der Waals surface area (Å²) in [5.41, 5.74) is 9.53. The van der Waals surface area contributed by atoms with Crippen molar-refractivity contribution >= 4 is 28.8 Å². The summed E-state index contributed by atoms with van der Waals surface area (Å²) in [6.45, 7) is 2.26. The van der Waals surface area contributed by atoms with E-state index < -0.39 is 12.3 Å². The third-order valence-corrected chi connectivity index (χ3v) is 6.09. The molecule has 0 saturated heterocycles. The smallest absolute Gasteiger partial charge is 0.406 e. The molecule has 33 heavy (non-hydrogen) atoms. The van der Waals surface area contributed by atoms with Crippen LogP contribution in [0.15, 0.2) is 60.0 Å². The van der Waals surface area contributed by atoms with Crippen molar-refractivity contribution in [1.29, 1.82) is 0 Å². The molecule has 4 rings (SSSR count). The average Bonchev–Trinajstić information content (AvgIpc) is 3.33. The first-order valence-corrected chi connectivity index (χ1v) is 10.9. The van der Waals surface area contributed by atoms with Gasteiger partial charge < -0.3 is 15.0 Å². The number of carbonyl (C=O) groups is 1. The topological polar surface area (TPSA) is 70.1 Å². The highest BCUT2D eigenvalue weighted by molar-refractivity contribution is 7.13. The Balaban J connectivity index is 1.68. The standard InChI is InChI=1S/C23H17ClF3N3O2S/c1-13-18(21(28)31)10-20(30(13)11-14-3-2-4-16(24)9-14)19-12-33-22(29-19)15-5-7-17(8-6-15)32-23(25,26)27/h2-10,12H,11H2,1H3,(H2,28,31). The largest absolute Gasteiger partial charge is 0.573 e. The molecule has 4 aromatic rings. The Morgan fingerprint density at radius 2 is 1.91 bits per heavy atom. The minimum atomic E-state index is -4.75. The van der Waals surface area contributed by atoms with E-state index in [9.17, 15) is 18.0 Å². The molecule has 0 unspecified atom stereocenters. The van der Waals surface area contributed by atoms with E-state index in [1.54, 1.807) is 19.1 Å². The normalized spacial score (nSPS) is 11.5. The Morgan fingerprint density at radius 1 is 1.18 bits per heavy atom. The molecule has 2 N–H and O–H groups in total. The van der Waals surface area contributed by atoms with Crippen LogP contribution in [-0.2, 0) is 6.54 Å². The third-order valence-electron chi connectivity index (χ3n) is 4.96. The van der Waals surface area contributed by atoms with E-state index in [0.717, 1.165) is 5.56 Å². The number of rotatable bonds is 6. The second-order valence-electron chi connectivity index (χ2n) is 7.22. The van der Waals surface area contributed by atoms with Crippen molar-refractivity contribution < 1.29 is 22.7 Å². The number of halogens is 4. The summed E-state index contributed by atoms with van der Waals surface area (Å²) in [7, 11) is 0. The first-order valence-electron chi connectivity index (χ1n) is 9.67. The van der Waals surface area contributed by atoms with Crippen molar-refractivity contribution in [3.63, 3.8) is 0 Å². The van der Waals surface area contributed by atoms with Crippen LogP contribution in [0.1, 0.15) is 21.6 Å². The molecule has 0 spiro atoms. The van der Waals surface area contributed by atoms with Gasteiger partial charge >= 0.3 is 6.36 Å². The molecule has 2 heterocycles. The molecule has 170 valence electrons.